The fourth-order valence-electron chi connectivity index (χ4n) is 3.27. The maximum absolute atomic E-state index is 12.4. The van der Waals surface area contributed by atoms with Crippen LogP contribution in [-0.4, -0.2) is 48.9 Å². The summed E-state index contributed by atoms with van der Waals surface area (Å²) in [7, 11) is 1.73. The maximum Gasteiger partial charge on any atom is 0.262 e. The van der Waals surface area contributed by atoms with Gasteiger partial charge < -0.3 is 20.3 Å². The van der Waals surface area contributed by atoms with Gasteiger partial charge >= 0.3 is 0 Å². The molecular formula is C20H19N3O4. The van der Waals surface area contributed by atoms with Crippen molar-refractivity contribution in [2.45, 2.75) is 12.5 Å². The van der Waals surface area contributed by atoms with Crippen LogP contribution in [0.15, 0.2) is 42.5 Å². The summed E-state index contributed by atoms with van der Waals surface area (Å²) in [5.41, 5.74) is 2.94. The molecule has 2 aromatic carbocycles. The zero-order chi connectivity index (χ0) is 19.0. The molecule has 0 radical (unpaired) electrons. The van der Waals surface area contributed by atoms with Gasteiger partial charge in [-0.05, 0) is 41.8 Å². The average molecular weight is 365 g/mol. The van der Waals surface area contributed by atoms with E-state index in [1.54, 1.807) is 24.1 Å². The van der Waals surface area contributed by atoms with Crippen molar-refractivity contribution in [2.24, 2.45) is 0 Å². The van der Waals surface area contributed by atoms with Gasteiger partial charge in [-0.15, -0.1) is 0 Å². The highest BCUT2D eigenvalue weighted by atomic mass is 16.5. The minimum absolute atomic E-state index is 0.0233. The number of carbonyl (C=O) groups excluding carboxylic acids is 3. The van der Waals surface area contributed by atoms with Crippen LogP contribution in [0.25, 0.3) is 11.1 Å². The fraction of sp³-hybridized carbons (Fsp3) is 0.250. The van der Waals surface area contributed by atoms with Crippen molar-refractivity contribution in [3.8, 4) is 16.9 Å². The highest BCUT2D eigenvalue weighted by Gasteiger charge is 2.30. The van der Waals surface area contributed by atoms with E-state index in [4.69, 9.17) is 4.74 Å². The molecule has 0 aliphatic carbocycles. The molecule has 2 aromatic rings. The SMILES string of the molecule is CN1CCC(NC(=O)c2ccc(-c3ccc4c(c3)NC(=O)CO4)cc2)C1=O. The number of amides is 3. The predicted octanol–water partition coefficient (Wildman–Crippen LogP) is 1.64. The van der Waals surface area contributed by atoms with Crippen molar-refractivity contribution >= 4 is 23.4 Å². The van der Waals surface area contributed by atoms with Crippen LogP contribution in [-0.2, 0) is 9.59 Å². The third-order valence-corrected chi connectivity index (χ3v) is 4.83. The van der Waals surface area contributed by atoms with E-state index in [1.165, 1.54) is 0 Å². The van der Waals surface area contributed by atoms with E-state index in [0.717, 1.165) is 11.1 Å². The smallest absolute Gasteiger partial charge is 0.262 e. The Bertz CT molecular complexity index is 923. The van der Waals surface area contributed by atoms with Gasteiger partial charge in [0, 0.05) is 19.2 Å². The Morgan fingerprint density at radius 3 is 2.59 bits per heavy atom. The maximum atomic E-state index is 12.4. The van der Waals surface area contributed by atoms with Gasteiger partial charge in [0.15, 0.2) is 6.61 Å². The molecule has 1 atom stereocenters. The highest BCUT2D eigenvalue weighted by molar-refractivity contribution is 5.99. The second-order valence-electron chi connectivity index (χ2n) is 6.70. The second kappa shape index (κ2) is 6.75. The van der Waals surface area contributed by atoms with E-state index in [-0.39, 0.29) is 24.3 Å². The van der Waals surface area contributed by atoms with Gasteiger partial charge in [0.25, 0.3) is 11.8 Å². The fourth-order valence-corrected chi connectivity index (χ4v) is 3.27. The number of likely N-dealkylation sites (N-methyl/N-ethyl adjacent to an activating group) is 1. The molecular weight excluding hydrogens is 346 g/mol. The number of likely N-dealkylation sites (tertiary alicyclic amines) is 1. The molecule has 1 unspecified atom stereocenters. The van der Waals surface area contributed by atoms with Crippen LogP contribution >= 0.6 is 0 Å². The number of fused-ring (bicyclic) bond motifs is 1. The monoisotopic (exact) mass is 365 g/mol. The summed E-state index contributed by atoms with van der Waals surface area (Å²) in [4.78, 5) is 37.4. The van der Waals surface area contributed by atoms with Crippen LogP contribution in [0.4, 0.5) is 5.69 Å². The van der Waals surface area contributed by atoms with Crippen molar-refractivity contribution in [2.75, 3.05) is 25.5 Å². The van der Waals surface area contributed by atoms with Crippen molar-refractivity contribution in [3.63, 3.8) is 0 Å². The Morgan fingerprint density at radius 1 is 1.15 bits per heavy atom. The Labute approximate surface area is 156 Å². The molecule has 138 valence electrons. The van der Waals surface area contributed by atoms with Crippen LogP contribution in [0.3, 0.4) is 0 Å². The van der Waals surface area contributed by atoms with Crippen LogP contribution in [0.2, 0.25) is 0 Å². The molecule has 27 heavy (non-hydrogen) atoms. The number of nitrogens with one attached hydrogen (secondary N) is 2. The van der Waals surface area contributed by atoms with Gasteiger partial charge in [-0.3, -0.25) is 14.4 Å². The first kappa shape index (κ1) is 17.1. The van der Waals surface area contributed by atoms with Crippen LogP contribution < -0.4 is 15.4 Å². The van der Waals surface area contributed by atoms with E-state index >= 15 is 0 Å². The Morgan fingerprint density at radius 2 is 1.89 bits per heavy atom. The first-order valence-electron chi connectivity index (χ1n) is 8.74. The average Bonchev–Trinajstić information content (AvgIpc) is 2.99. The van der Waals surface area contributed by atoms with Crippen LogP contribution in [0.1, 0.15) is 16.8 Å². The lowest BCUT2D eigenvalue weighted by molar-refractivity contribution is -0.128. The molecule has 4 rings (SSSR count). The number of nitrogens with zero attached hydrogens (tertiary/aromatic N) is 1. The van der Waals surface area contributed by atoms with E-state index in [0.29, 0.717) is 30.0 Å². The first-order valence-corrected chi connectivity index (χ1v) is 8.74. The Kier molecular flexibility index (Phi) is 4.27. The number of hydrogen-bond acceptors (Lipinski definition) is 4. The standard InChI is InChI=1S/C20H19N3O4/c1-23-9-8-15(20(23)26)22-19(25)13-4-2-12(3-5-13)14-6-7-17-16(10-14)21-18(24)11-27-17/h2-7,10,15H,8-9,11H2,1H3,(H,21,24)(H,22,25). The van der Waals surface area contributed by atoms with Crippen LogP contribution in [0.5, 0.6) is 5.75 Å². The van der Waals surface area contributed by atoms with Gasteiger partial charge in [0.05, 0.1) is 5.69 Å². The lowest BCUT2D eigenvalue weighted by atomic mass is 10.0. The lowest BCUT2D eigenvalue weighted by Crippen LogP contribution is -2.40. The first-order chi connectivity index (χ1) is 13.0. The van der Waals surface area contributed by atoms with Crippen molar-refractivity contribution < 1.29 is 19.1 Å². The molecule has 0 spiro atoms. The highest BCUT2D eigenvalue weighted by Crippen LogP contribution is 2.32. The summed E-state index contributed by atoms with van der Waals surface area (Å²) < 4.78 is 5.36. The minimum Gasteiger partial charge on any atom is -0.482 e. The number of benzene rings is 2. The summed E-state index contributed by atoms with van der Waals surface area (Å²) in [6.45, 7) is 0.677. The van der Waals surface area contributed by atoms with Crippen LogP contribution in [0, 0.1) is 0 Å². The molecule has 0 aromatic heterocycles. The van der Waals surface area contributed by atoms with E-state index < -0.39 is 6.04 Å². The van der Waals surface area contributed by atoms with Crippen molar-refractivity contribution in [1.82, 2.24) is 10.2 Å². The quantitative estimate of drug-likeness (QED) is 0.866. The van der Waals surface area contributed by atoms with E-state index in [2.05, 4.69) is 10.6 Å². The number of ether oxygens (including phenoxy) is 1. The molecule has 1 fully saturated rings. The molecule has 1 saturated heterocycles. The lowest BCUT2D eigenvalue weighted by Gasteiger charge is -2.18. The number of rotatable bonds is 3. The molecule has 7 heteroatoms. The zero-order valence-electron chi connectivity index (χ0n) is 14.8. The van der Waals surface area contributed by atoms with E-state index in [1.807, 2.05) is 30.3 Å². The summed E-state index contributed by atoms with van der Waals surface area (Å²) in [5.74, 6) is 0.138. The zero-order valence-corrected chi connectivity index (χ0v) is 14.8. The molecule has 3 amide bonds. The molecule has 7 nitrogen and oxygen atoms in total. The van der Waals surface area contributed by atoms with Crippen molar-refractivity contribution in [1.29, 1.82) is 0 Å². The minimum atomic E-state index is -0.452. The Hall–Kier alpha value is -3.35. The van der Waals surface area contributed by atoms with Crippen molar-refractivity contribution in [3.05, 3.63) is 48.0 Å². The molecule has 2 N–H and O–H groups in total. The van der Waals surface area contributed by atoms with Gasteiger partial charge in [-0.25, -0.2) is 0 Å². The number of carbonyl (C=O) groups is 3. The topological polar surface area (TPSA) is 87.7 Å². The number of hydrogen-bond donors (Lipinski definition) is 2. The Balaban J connectivity index is 1.49. The third kappa shape index (κ3) is 3.36. The summed E-state index contributed by atoms with van der Waals surface area (Å²) in [5, 5.41) is 5.57. The molecule has 2 aliphatic rings. The van der Waals surface area contributed by atoms with E-state index in [9.17, 15) is 14.4 Å². The third-order valence-electron chi connectivity index (χ3n) is 4.83. The van der Waals surface area contributed by atoms with Gasteiger partial charge in [0.1, 0.15) is 11.8 Å². The molecule has 0 bridgehead atoms. The van der Waals surface area contributed by atoms with Gasteiger partial charge in [-0.1, -0.05) is 18.2 Å². The summed E-state index contributed by atoms with van der Waals surface area (Å²) >= 11 is 0. The van der Waals surface area contributed by atoms with Gasteiger partial charge in [0.2, 0.25) is 5.91 Å². The molecule has 2 aliphatic heterocycles. The summed E-state index contributed by atoms with van der Waals surface area (Å²) in [6, 6.07) is 12.2. The van der Waals surface area contributed by atoms with Gasteiger partial charge in [-0.2, -0.15) is 0 Å². The molecule has 2 heterocycles. The molecule has 0 saturated carbocycles. The second-order valence-corrected chi connectivity index (χ2v) is 6.70. The normalized spacial score (nSPS) is 18.6. The summed E-state index contributed by atoms with van der Waals surface area (Å²) in [6.07, 6.45) is 0.627. The predicted molar refractivity (Wildman–Crippen MR) is 99.5 cm³/mol. The largest absolute Gasteiger partial charge is 0.482 e. The number of anilines is 1.